The SMILES string of the molecule is CN(Cc1cnn(C)c1)C(=O)c1cc(-c2ccc(Cl)cc2Cl)n[nH]1. The number of amides is 1. The summed E-state index contributed by atoms with van der Waals surface area (Å²) in [6.07, 6.45) is 3.60. The molecule has 2 aromatic heterocycles. The number of hydrogen-bond acceptors (Lipinski definition) is 3. The van der Waals surface area contributed by atoms with Crippen LogP contribution in [0.2, 0.25) is 10.0 Å². The number of aromatic amines is 1. The quantitative estimate of drug-likeness (QED) is 0.772. The fourth-order valence-corrected chi connectivity index (χ4v) is 2.88. The number of carbonyl (C=O) groups excluding carboxylic acids is 1. The number of rotatable bonds is 4. The Morgan fingerprint density at radius 1 is 1.33 bits per heavy atom. The van der Waals surface area contributed by atoms with E-state index in [2.05, 4.69) is 15.3 Å². The number of halogens is 2. The summed E-state index contributed by atoms with van der Waals surface area (Å²) in [5, 5.41) is 12.1. The average Bonchev–Trinajstić information content (AvgIpc) is 3.16. The van der Waals surface area contributed by atoms with Crippen molar-refractivity contribution in [2.24, 2.45) is 7.05 Å². The minimum atomic E-state index is -0.164. The van der Waals surface area contributed by atoms with E-state index in [0.29, 0.717) is 33.5 Å². The smallest absolute Gasteiger partial charge is 0.271 e. The average molecular weight is 364 g/mol. The van der Waals surface area contributed by atoms with Crippen LogP contribution in [-0.2, 0) is 13.6 Å². The Kier molecular flexibility index (Phi) is 4.59. The highest BCUT2D eigenvalue weighted by Crippen LogP contribution is 2.29. The van der Waals surface area contributed by atoms with Crippen LogP contribution in [0.15, 0.2) is 36.7 Å². The van der Waals surface area contributed by atoms with Crippen LogP contribution < -0.4 is 0 Å². The lowest BCUT2D eigenvalue weighted by Crippen LogP contribution is -2.26. The van der Waals surface area contributed by atoms with Crippen LogP contribution in [0.4, 0.5) is 0 Å². The van der Waals surface area contributed by atoms with Gasteiger partial charge in [0.1, 0.15) is 5.69 Å². The molecule has 24 heavy (non-hydrogen) atoms. The number of benzene rings is 1. The van der Waals surface area contributed by atoms with E-state index < -0.39 is 0 Å². The van der Waals surface area contributed by atoms with E-state index in [1.807, 2.05) is 13.2 Å². The maximum absolute atomic E-state index is 12.5. The minimum Gasteiger partial charge on any atom is -0.336 e. The molecule has 0 atom stereocenters. The highest BCUT2D eigenvalue weighted by atomic mass is 35.5. The molecule has 0 aliphatic carbocycles. The molecule has 0 fully saturated rings. The van der Waals surface area contributed by atoms with E-state index in [1.54, 1.807) is 47.1 Å². The van der Waals surface area contributed by atoms with E-state index in [1.165, 1.54) is 0 Å². The molecule has 1 N–H and O–H groups in total. The molecule has 2 heterocycles. The zero-order valence-electron chi connectivity index (χ0n) is 13.1. The fourth-order valence-electron chi connectivity index (χ4n) is 2.37. The maximum Gasteiger partial charge on any atom is 0.271 e. The van der Waals surface area contributed by atoms with Crippen molar-refractivity contribution in [2.45, 2.75) is 6.54 Å². The van der Waals surface area contributed by atoms with Crippen molar-refractivity contribution in [3.05, 3.63) is 58.0 Å². The second-order valence-corrected chi connectivity index (χ2v) is 6.32. The number of nitrogens with zero attached hydrogens (tertiary/aromatic N) is 4. The molecule has 1 amide bonds. The number of H-pyrrole nitrogens is 1. The van der Waals surface area contributed by atoms with Gasteiger partial charge in [-0.3, -0.25) is 14.6 Å². The van der Waals surface area contributed by atoms with Crippen LogP contribution in [0.3, 0.4) is 0 Å². The topological polar surface area (TPSA) is 66.8 Å². The summed E-state index contributed by atoms with van der Waals surface area (Å²) in [6, 6.07) is 6.82. The Balaban J connectivity index is 1.78. The molecule has 1 aromatic carbocycles. The van der Waals surface area contributed by atoms with Crippen molar-refractivity contribution in [1.29, 1.82) is 0 Å². The van der Waals surface area contributed by atoms with Crippen molar-refractivity contribution in [3.63, 3.8) is 0 Å². The van der Waals surface area contributed by atoms with Gasteiger partial charge in [0.05, 0.1) is 16.9 Å². The summed E-state index contributed by atoms with van der Waals surface area (Å²) in [5.41, 5.74) is 2.65. The van der Waals surface area contributed by atoms with E-state index in [-0.39, 0.29) is 5.91 Å². The van der Waals surface area contributed by atoms with Crippen LogP contribution in [0.5, 0.6) is 0 Å². The lowest BCUT2D eigenvalue weighted by molar-refractivity contribution is 0.0779. The third kappa shape index (κ3) is 3.44. The largest absolute Gasteiger partial charge is 0.336 e. The number of aryl methyl sites for hydroxylation is 1. The predicted octanol–water partition coefficient (Wildman–Crippen LogP) is 3.39. The van der Waals surface area contributed by atoms with Gasteiger partial charge in [-0.05, 0) is 24.3 Å². The molecule has 0 aliphatic heterocycles. The third-order valence-electron chi connectivity index (χ3n) is 3.54. The second kappa shape index (κ2) is 6.67. The van der Waals surface area contributed by atoms with Crippen LogP contribution in [0.25, 0.3) is 11.3 Å². The van der Waals surface area contributed by atoms with Gasteiger partial charge in [0.2, 0.25) is 0 Å². The first-order valence-corrected chi connectivity index (χ1v) is 7.93. The molecule has 0 saturated heterocycles. The van der Waals surface area contributed by atoms with Gasteiger partial charge in [-0.25, -0.2) is 0 Å². The van der Waals surface area contributed by atoms with Gasteiger partial charge in [-0.1, -0.05) is 23.2 Å². The van der Waals surface area contributed by atoms with Gasteiger partial charge in [0.25, 0.3) is 5.91 Å². The van der Waals surface area contributed by atoms with Crippen LogP contribution in [0.1, 0.15) is 16.1 Å². The molecule has 0 spiro atoms. The summed E-state index contributed by atoms with van der Waals surface area (Å²) >= 11 is 12.1. The van der Waals surface area contributed by atoms with Gasteiger partial charge in [0.15, 0.2) is 0 Å². The summed E-state index contributed by atoms with van der Waals surface area (Å²) in [7, 11) is 3.56. The van der Waals surface area contributed by atoms with Crippen LogP contribution in [-0.4, -0.2) is 37.8 Å². The van der Waals surface area contributed by atoms with Crippen LogP contribution >= 0.6 is 23.2 Å². The molecule has 0 saturated carbocycles. The molecule has 0 aliphatic rings. The van der Waals surface area contributed by atoms with Crippen molar-refractivity contribution in [2.75, 3.05) is 7.05 Å². The molecule has 124 valence electrons. The molecule has 0 unspecified atom stereocenters. The Morgan fingerprint density at radius 3 is 2.79 bits per heavy atom. The van der Waals surface area contributed by atoms with Gasteiger partial charge in [0, 0.05) is 43.0 Å². The monoisotopic (exact) mass is 363 g/mol. The second-order valence-electron chi connectivity index (χ2n) is 5.47. The molecular weight excluding hydrogens is 349 g/mol. The number of carbonyl (C=O) groups is 1. The highest BCUT2D eigenvalue weighted by Gasteiger charge is 2.17. The molecule has 0 radical (unpaired) electrons. The van der Waals surface area contributed by atoms with Gasteiger partial charge < -0.3 is 4.90 Å². The first-order valence-electron chi connectivity index (χ1n) is 7.18. The number of hydrogen-bond donors (Lipinski definition) is 1. The van der Waals surface area contributed by atoms with Crippen LogP contribution in [0, 0.1) is 0 Å². The molecular formula is C16H15Cl2N5O. The summed E-state index contributed by atoms with van der Waals surface area (Å²) in [5.74, 6) is -0.164. The van der Waals surface area contributed by atoms with Crippen molar-refractivity contribution < 1.29 is 4.79 Å². The van der Waals surface area contributed by atoms with Gasteiger partial charge in [-0.2, -0.15) is 10.2 Å². The first kappa shape index (κ1) is 16.5. The Hall–Kier alpha value is -2.31. The standard InChI is InChI=1S/C16H15Cl2N5O/c1-22(8-10-7-19-23(2)9-10)16(24)15-6-14(20-21-15)12-4-3-11(17)5-13(12)18/h3-7,9H,8H2,1-2H3,(H,20,21). The molecule has 0 bridgehead atoms. The molecule has 8 heteroatoms. The predicted molar refractivity (Wildman–Crippen MR) is 93.0 cm³/mol. The van der Waals surface area contributed by atoms with E-state index >= 15 is 0 Å². The Morgan fingerprint density at radius 2 is 2.12 bits per heavy atom. The van der Waals surface area contributed by atoms with Crippen molar-refractivity contribution in [1.82, 2.24) is 24.9 Å². The first-order chi connectivity index (χ1) is 11.4. The molecule has 3 aromatic rings. The third-order valence-corrected chi connectivity index (χ3v) is 4.09. The lowest BCUT2D eigenvalue weighted by Gasteiger charge is -2.14. The minimum absolute atomic E-state index is 0.164. The van der Waals surface area contributed by atoms with Crippen molar-refractivity contribution in [3.8, 4) is 11.3 Å². The number of nitrogens with one attached hydrogen (secondary N) is 1. The maximum atomic E-state index is 12.5. The zero-order chi connectivity index (χ0) is 17.3. The highest BCUT2D eigenvalue weighted by molar-refractivity contribution is 6.36. The zero-order valence-corrected chi connectivity index (χ0v) is 14.6. The van der Waals surface area contributed by atoms with E-state index in [4.69, 9.17) is 23.2 Å². The van der Waals surface area contributed by atoms with Gasteiger partial charge in [-0.15, -0.1) is 0 Å². The normalized spacial score (nSPS) is 10.8. The van der Waals surface area contributed by atoms with Crippen molar-refractivity contribution >= 4 is 29.1 Å². The summed E-state index contributed by atoms with van der Waals surface area (Å²) in [6.45, 7) is 0.461. The molecule has 6 nitrogen and oxygen atoms in total. The Bertz CT molecular complexity index is 886. The summed E-state index contributed by atoms with van der Waals surface area (Å²) in [4.78, 5) is 14.1. The fraction of sp³-hybridized carbons (Fsp3) is 0.188. The number of aromatic nitrogens is 4. The Labute approximate surface area is 149 Å². The van der Waals surface area contributed by atoms with Gasteiger partial charge >= 0.3 is 0 Å². The molecule has 3 rings (SSSR count). The summed E-state index contributed by atoms with van der Waals surface area (Å²) < 4.78 is 1.70. The van der Waals surface area contributed by atoms with E-state index in [9.17, 15) is 4.79 Å². The lowest BCUT2D eigenvalue weighted by atomic mass is 10.1. The van der Waals surface area contributed by atoms with E-state index in [0.717, 1.165) is 5.56 Å².